The second-order valence-corrected chi connectivity index (χ2v) is 21.8. The molecule has 1 rings (SSSR count). The number of carbonyl (C=O) groups excluding carboxylic acids is 1. The van der Waals surface area contributed by atoms with Crippen LogP contribution in [-0.2, 0) is 14.3 Å². The zero-order chi connectivity index (χ0) is 53.6. The van der Waals surface area contributed by atoms with Gasteiger partial charge in [-0.2, -0.15) is 0 Å². The van der Waals surface area contributed by atoms with Gasteiger partial charge in [-0.15, -0.1) is 0 Å². The first-order valence-electron chi connectivity index (χ1n) is 31.5. The highest BCUT2D eigenvalue weighted by Gasteiger charge is 2.44. The Morgan fingerprint density at radius 3 is 1.24 bits per heavy atom. The Hall–Kier alpha value is -2.11. The van der Waals surface area contributed by atoms with Crippen LogP contribution in [0.25, 0.3) is 0 Å². The molecule has 1 aliphatic rings. The van der Waals surface area contributed by atoms with Crippen LogP contribution in [0.3, 0.4) is 0 Å². The lowest BCUT2D eigenvalue weighted by Gasteiger charge is -2.40. The third-order valence-corrected chi connectivity index (χ3v) is 14.8. The summed E-state index contributed by atoms with van der Waals surface area (Å²) in [7, 11) is 0. The predicted octanol–water partition coefficient (Wildman–Crippen LogP) is 16.2. The van der Waals surface area contributed by atoms with Gasteiger partial charge in [-0.1, -0.05) is 286 Å². The largest absolute Gasteiger partial charge is 0.394 e. The van der Waals surface area contributed by atoms with Crippen molar-refractivity contribution >= 4 is 5.91 Å². The van der Waals surface area contributed by atoms with Crippen LogP contribution < -0.4 is 5.32 Å². The average molecular weight is 1040 g/mol. The number of aliphatic hydroxyl groups is 5. The monoisotopic (exact) mass is 1040 g/mol. The van der Waals surface area contributed by atoms with Gasteiger partial charge in [0.15, 0.2) is 6.29 Å². The minimum absolute atomic E-state index is 0.177. The van der Waals surface area contributed by atoms with E-state index in [9.17, 15) is 30.3 Å². The molecule has 1 fully saturated rings. The maximum atomic E-state index is 13.1. The normalized spacial score (nSPS) is 19.4. The van der Waals surface area contributed by atoms with Crippen molar-refractivity contribution in [3.8, 4) is 0 Å². The number of rotatable bonds is 54. The molecule has 0 aromatic carbocycles. The molecule has 0 aromatic heterocycles. The Morgan fingerprint density at radius 2 is 0.838 bits per heavy atom. The second kappa shape index (κ2) is 54.3. The van der Waals surface area contributed by atoms with Crippen molar-refractivity contribution in [3.63, 3.8) is 0 Å². The number of carbonyl (C=O) groups is 1. The van der Waals surface area contributed by atoms with Crippen LogP contribution in [0, 0.1) is 0 Å². The quantitative estimate of drug-likeness (QED) is 0.0261. The third-order valence-electron chi connectivity index (χ3n) is 14.8. The number of allylic oxidation sites excluding steroid dienone is 9. The van der Waals surface area contributed by atoms with E-state index >= 15 is 0 Å². The van der Waals surface area contributed by atoms with Gasteiger partial charge in [0.25, 0.3) is 0 Å². The zero-order valence-electron chi connectivity index (χ0n) is 48.1. The summed E-state index contributed by atoms with van der Waals surface area (Å²) in [5.74, 6) is -0.177. The van der Waals surface area contributed by atoms with Gasteiger partial charge < -0.3 is 40.3 Å². The Morgan fingerprint density at radius 1 is 0.473 bits per heavy atom. The van der Waals surface area contributed by atoms with Crippen LogP contribution in [-0.4, -0.2) is 87.5 Å². The van der Waals surface area contributed by atoms with Crippen LogP contribution in [0.1, 0.15) is 290 Å². The van der Waals surface area contributed by atoms with E-state index in [-0.39, 0.29) is 12.5 Å². The molecule has 1 heterocycles. The van der Waals surface area contributed by atoms with Gasteiger partial charge in [-0.25, -0.2) is 0 Å². The molecule has 0 radical (unpaired) electrons. The van der Waals surface area contributed by atoms with E-state index in [4.69, 9.17) is 9.47 Å². The van der Waals surface area contributed by atoms with E-state index in [0.29, 0.717) is 6.42 Å². The average Bonchev–Trinajstić information content (AvgIpc) is 3.40. The molecule has 0 aromatic rings. The first kappa shape index (κ1) is 69.9. The molecule has 1 saturated heterocycles. The molecule has 7 unspecified atom stereocenters. The predicted molar refractivity (Wildman–Crippen MR) is 313 cm³/mol. The van der Waals surface area contributed by atoms with Crippen molar-refractivity contribution in [1.82, 2.24) is 5.32 Å². The SMILES string of the molecule is CC/C=C\C/C=C\C/C=C\C/C=C\CCCCCCCCCCCCCCC(=O)NC(COC1OC(CO)C(O)C(O)C1O)C(O)/C=C/CCCCCCCCCCCCCCCCCCCCCCCCCC. The molecule has 0 bridgehead atoms. The van der Waals surface area contributed by atoms with Crippen molar-refractivity contribution in [2.45, 2.75) is 333 Å². The molecule has 1 amide bonds. The molecule has 9 heteroatoms. The lowest BCUT2D eigenvalue weighted by molar-refractivity contribution is -0.302. The highest BCUT2D eigenvalue weighted by molar-refractivity contribution is 5.76. The van der Waals surface area contributed by atoms with E-state index in [2.05, 4.69) is 67.8 Å². The molecular weight excluding hydrogens is 923 g/mol. The molecule has 0 saturated carbocycles. The summed E-state index contributed by atoms with van der Waals surface area (Å²) in [5, 5.41) is 54.7. The number of aliphatic hydroxyl groups excluding tert-OH is 5. The Balaban J connectivity index is 2.19. The van der Waals surface area contributed by atoms with Crippen LogP contribution in [0.5, 0.6) is 0 Å². The Kier molecular flexibility index (Phi) is 51.3. The van der Waals surface area contributed by atoms with Gasteiger partial charge in [0.05, 0.1) is 25.4 Å². The smallest absolute Gasteiger partial charge is 0.220 e. The molecule has 1 aliphatic heterocycles. The highest BCUT2D eigenvalue weighted by atomic mass is 16.7. The minimum Gasteiger partial charge on any atom is -0.394 e. The van der Waals surface area contributed by atoms with E-state index in [1.165, 1.54) is 205 Å². The maximum Gasteiger partial charge on any atom is 0.220 e. The van der Waals surface area contributed by atoms with E-state index in [1.807, 2.05) is 6.08 Å². The molecular formula is C65H119NO8. The van der Waals surface area contributed by atoms with E-state index in [1.54, 1.807) is 6.08 Å². The molecule has 7 atom stereocenters. The van der Waals surface area contributed by atoms with Crippen molar-refractivity contribution in [2.24, 2.45) is 0 Å². The number of amides is 1. The number of ether oxygens (including phenoxy) is 2. The second-order valence-electron chi connectivity index (χ2n) is 21.8. The summed E-state index contributed by atoms with van der Waals surface area (Å²) in [6, 6.07) is -0.809. The van der Waals surface area contributed by atoms with Crippen molar-refractivity contribution in [1.29, 1.82) is 0 Å². The molecule has 432 valence electrons. The van der Waals surface area contributed by atoms with Gasteiger partial charge in [-0.05, 0) is 57.8 Å². The minimum atomic E-state index is -1.57. The van der Waals surface area contributed by atoms with Crippen LogP contribution >= 0.6 is 0 Å². The van der Waals surface area contributed by atoms with Crippen molar-refractivity contribution in [2.75, 3.05) is 13.2 Å². The fourth-order valence-electron chi connectivity index (χ4n) is 9.92. The summed E-state index contributed by atoms with van der Waals surface area (Å²) >= 11 is 0. The molecule has 9 nitrogen and oxygen atoms in total. The summed E-state index contributed by atoms with van der Waals surface area (Å²) in [5.41, 5.74) is 0. The number of unbranched alkanes of at least 4 members (excludes halogenated alkanes) is 36. The van der Waals surface area contributed by atoms with E-state index < -0.39 is 49.5 Å². The molecule has 0 aliphatic carbocycles. The summed E-state index contributed by atoms with van der Waals surface area (Å²) in [6.07, 6.45) is 67.2. The van der Waals surface area contributed by atoms with Crippen LogP contribution in [0.15, 0.2) is 60.8 Å². The lowest BCUT2D eigenvalue weighted by Crippen LogP contribution is -2.60. The van der Waals surface area contributed by atoms with Gasteiger partial charge in [0.1, 0.15) is 24.4 Å². The van der Waals surface area contributed by atoms with Gasteiger partial charge in [-0.3, -0.25) is 4.79 Å². The number of nitrogens with one attached hydrogen (secondary N) is 1. The van der Waals surface area contributed by atoms with Crippen LogP contribution in [0.2, 0.25) is 0 Å². The summed E-state index contributed by atoms with van der Waals surface area (Å²) in [6.45, 7) is 3.70. The highest BCUT2D eigenvalue weighted by Crippen LogP contribution is 2.23. The van der Waals surface area contributed by atoms with Crippen molar-refractivity contribution in [3.05, 3.63) is 60.8 Å². The van der Waals surface area contributed by atoms with Crippen molar-refractivity contribution < 1.29 is 39.8 Å². The number of hydrogen-bond acceptors (Lipinski definition) is 8. The zero-order valence-corrected chi connectivity index (χ0v) is 48.1. The standard InChI is InChI=1S/C65H119NO8/c1-3-5-7-9-11-13-15-17-19-21-23-25-27-29-31-32-34-36-38-40-42-44-46-48-50-52-54-59(68)58(57-73-65-64(72)63(71)62(70)60(56-67)74-65)66-61(69)55-53-51-49-47-45-43-41-39-37-35-33-30-28-26-24-22-20-18-16-14-12-10-8-6-4-2/h6,8,12,14,18,20,24,26,52,54,58-60,62-65,67-68,70-72H,3-5,7,9-11,13,15-17,19,21-23,25,27-51,53,55-57H2,1-2H3,(H,66,69)/b8-6-,14-12-,20-18-,26-24-,54-52+. The topological polar surface area (TPSA) is 149 Å². The Bertz CT molecular complexity index is 1350. The molecule has 74 heavy (non-hydrogen) atoms. The lowest BCUT2D eigenvalue weighted by atomic mass is 9.99. The molecule has 0 spiro atoms. The first-order valence-corrected chi connectivity index (χ1v) is 31.5. The fourth-order valence-corrected chi connectivity index (χ4v) is 9.92. The van der Waals surface area contributed by atoms with Gasteiger partial charge >= 0.3 is 0 Å². The van der Waals surface area contributed by atoms with Crippen LogP contribution in [0.4, 0.5) is 0 Å². The summed E-state index contributed by atoms with van der Waals surface area (Å²) < 4.78 is 11.3. The Labute approximate surface area is 456 Å². The molecule has 6 N–H and O–H groups in total. The van der Waals surface area contributed by atoms with Gasteiger partial charge in [0.2, 0.25) is 5.91 Å². The number of hydrogen-bond donors (Lipinski definition) is 6. The first-order chi connectivity index (χ1) is 36.3. The summed E-state index contributed by atoms with van der Waals surface area (Å²) in [4.78, 5) is 13.1. The fraction of sp³-hybridized carbons (Fsp3) is 0.831. The van der Waals surface area contributed by atoms with E-state index in [0.717, 1.165) is 64.2 Å². The third kappa shape index (κ3) is 42.9. The van der Waals surface area contributed by atoms with Gasteiger partial charge in [0, 0.05) is 6.42 Å². The maximum absolute atomic E-state index is 13.1.